The fraction of sp³-hybridized carbons (Fsp3) is 0.368. The molecule has 2 heterocycles. The Hall–Kier alpha value is -2.61. The van der Waals surface area contributed by atoms with Crippen LogP contribution < -0.4 is 10.4 Å². The molecule has 0 saturated carbocycles. The number of hydrogen-bond acceptors (Lipinski definition) is 4. The minimum Gasteiger partial charge on any atom is -0.304 e. The number of pyridine rings is 1. The topological polar surface area (TPSA) is 108 Å². The van der Waals surface area contributed by atoms with Crippen LogP contribution in [0.5, 0.6) is 0 Å². The summed E-state index contributed by atoms with van der Waals surface area (Å²) in [6, 6.07) is 9.03. The number of hydrogen-bond donors (Lipinski definition) is 3. The number of H-pyrrole nitrogens is 2. The molecule has 3 rings (SSSR count). The third kappa shape index (κ3) is 4.77. The smallest absolute Gasteiger partial charge is 0.304 e. The van der Waals surface area contributed by atoms with Gasteiger partial charge >= 0.3 is 5.69 Å². The lowest BCUT2D eigenvalue weighted by Crippen LogP contribution is -2.16. The van der Waals surface area contributed by atoms with Crippen molar-refractivity contribution in [2.75, 3.05) is 10.5 Å². The number of fused-ring (bicyclic) bond motifs is 1. The van der Waals surface area contributed by atoms with Gasteiger partial charge in [0.15, 0.2) is 5.65 Å². The van der Waals surface area contributed by atoms with Gasteiger partial charge in [-0.05, 0) is 37.1 Å². The van der Waals surface area contributed by atoms with E-state index in [1.807, 2.05) is 25.1 Å². The number of nitrogens with zero attached hydrogens (tertiary/aromatic N) is 1. The standard InChI is InChI=1S/C19H24N4O3S/c1-3-4-5-6-11-27(25,26)23-15-9-7-14(8-10-15)16-12-17-18(20-13(16)2)22-19(24)21-17/h7-10,12,23H,3-6,11H2,1-2H3,(H2,20,21,22,24). The monoisotopic (exact) mass is 388 g/mol. The molecule has 1 aromatic carbocycles. The second kappa shape index (κ2) is 7.96. The van der Waals surface area contributed by atoms with E-state index >= 15 is 0 Å². The molecule has 0 aliphatic carbocycles. The maximum Gasteiger partial charge on any atom is 0.325 e. The highest BCUT2D eigenvalue weighted by Gasteiger charge is 2.11. The van der Waals surface area contributed by atoms with Crippen LogP contribution in [0.25, 0.3) is 22.3 Å². The van der Waals surface area contributed by atoms with E-state index in [2.05, 4.69) is 26.6 Å². The number of sulfonamides is 1. The second-order valence-electron chi connectivity index (χ2n) is 6.66. The summed E-state index contributed by atoms with van der Waals surface area (Å²) in [4.78, 5) is 21.2. The zero-order chi connectivity index (χ0) is 19.4. The Kier molecular flexibility index (Phi) is 5.65. The summed E-state index contributed by atoms with van der Waals surface area (Å²) < 4.78 is 27.0. The van der Waals surface area contributed by atoms with E-state index in [-0.39, 0.29) is 11.4 Å². The van der Waals surface area contributed by atoms with Crippen LogP contribution in [0.3, 0.4) is 0 Å². The van der Waals surface area contributed by atoms with Gasteiger partial charge in [0.25, 0.3) is 0 Å². The molecule has 0 amide bonds. The molecule has 8 heteroatoms. The molecule has 144 valence electrons. The van der Waals surface area contributed by atoms with Gasteiger partial charge in [-0.15, -0.1) is 0 Å². The number of aryl methyl sites for hydroxylation is 1. The molecule has 0 atom stereocenters. The number of imidazole rings is 1. The van der Waals surface area contributed by atoms with Crippen LogP contribution >= 0.6 is 0 Å². The van der Waals surface area contributed by atoms with E-state index in [0.717, 1.165) is 36.1 Å². The summed E-state index contributed by atoms with van der Waals surface area (Å²) in [6.07, 6.45) is 3.72. The lowest BCUT2D eigenvalue weighted by molar-refractivity contribution is 0.594. The molecule has 3 aromatic rings. The fourth-order valence-electron chi connectivity index (χ4n) is 3.02. The molecule has 0 aliphatic rings. The minimum atomic E-state index is -3.33. The van der Waals surface area contributed by atoms with Crippen molar-refractivity contribution in [3.63, 3.8) is 0 Å². The Morgan fingerprint density at radius 3 is 2.52 bits per heavy atom. The van der Waals surface area contributed by atoms with Crippen LogP contribution in [0.4, 0.5) is 5.69 Å². The normalized spacial score (nSPS) is 11.8. The Bertz CT molecular complexity index is 1080. The summed E-state index contributed by atoms with van der Waals surface area (Å²) in [5.74, 6) is 0.134. The van der Waals surface area contributed by atoms with Gasteiger partial charge in [-0.25, -0.2) is 18.2 Å². The predicted molar refractivity (Wildman–Crippen MR) is 108 cm³/mol. The van der Waals surface area contributed by atoms with Gasteiger partial charge < -0.3 is 4.98 Å². The summed E-state index contributed by atoms with van der Waals surface area (Å²) in [6.45, 7) is 3.96. The number of nitrogens with one attached hydrogen (secondary N) is 3. The van der Waals surface area contributed by atoms with Gasteiger partial charge in [-0.1, -0.05) is 38.3 Å². The zero-order valence-corrected chi connectivity index (χ0v) is 16.3. The zero-order valence-electron chi connectivity index (χ0n) is 15.5. The number of aromatic amines is 2. The third-order valence-electron chi connectivity index (χ3n) is 4.43. The maximum atomic E-state index is 12.2. The Morgan fingerprint density at radius 2 is 1.81 bits per heavy atom. The van der Waals surface area contributed by atoms with E-state index in [1.54, 1.807) is 12.1 Å². The maximum absolute atomic E-state index is 12.2. The summed E-state index contributed by atoms with van der Waals surface area (Å²) in [5, 5.41) is 0. The number of unbranched alkanes of at least 4 members (excludes halogenated alkanes) is 3. The largest absolute Gasteiger partial charge is 0.325 e. The van der Waals surface area contributed by atoms with Crippen molar-refractivity contribution in [2.24, 2.45) is 0 Å². The number of aromatic nitrogens is 3. The molecule has 0 aliphatic heterocycles. The van der Waals surface area contributed by atoms with Crippen LogP contribution in [-0.2, 0) is 10.0 Å². The molecular formula is C19H24N4O3S. The van der Waals surface area contributed by atoms with Crippen LogP contribution in [0.1, 0.15) is 38.3 Å². The van der Waals surface area contributed by atoms with Crippen molar-refractivity contribution in [2.45, 2.75) is 39.5 Å². The number of anilines is 1. The van der Waals surface area contributed by atoms with E-state index in [1.165, 1.54) is 0 Å². The number of benzene rings is 1. The van der Waals surface area contributed by atoms with Gasteiger partial charge in [0.1, 0.15) is 0 Å². The Labute approximate surface area is 158 Å². The van der Waals surface area contributed by atoms with E-state index in [4.69, 9.17) is 0 Å². The molecule has 2 aromatic heterocycles. The highest BCUT2D eigenvalue weighted by molar-refractivity contribution is 7.92. The Balaban J connectivity index is 1.75. The van der Waals surface area contributed by atoms with E-state index in [9.17, 15) is 13.2 Å². The molecule has 0 saturated heterocycles. The highest BCUT2D eigenvalue weighted by atomic mass is 32.2. The van der Waals surface area contributed by atoms with Gasteiger partial charge in [0.05, 0.1) is 11.3 Å². The lowest BCUT2D eigenvalue weighted by atomic mass is 10.0. The quantitative estimate of drug-likeness (QED) is 0.513. The molecule has 0 fully saturated rings. The van der Waals surface area contributed by atoms with Crippen molar-refractivity contribution >= 4 is 26.9 Å². The van der Waals surface area contributed by atoms with Gasteiger partial charge in [0.2, 0.25) is 10.0 Å². The van der Waals surface area contributed by atoms with E-state index < -0.39 is 10.0 Å². The summed E-state index contributed by atoms with van der Waals surface area (Å²) in [5.41, 5.74) is 3.96. The average molecular weight is 388 g/mol. The van der Waals surface area contributed by atoms with Crippen LogP contribution in [0, 0.1) is 6.92 Å². The number of rotatable bonds is 8. The first-order valence-electron chi connectivity index (χ1n) is 9.08. The average Bonchev–Trinajstić information content (AvgIpc) is 2.97. The van der Waals surface area contributed by atoms with Crippen LogP contribution in [0.2, 0.25) is 0 Å². The second-order valence-corrected chi connectivity index (χ2v) is 8.50. The van der Waals surface area contributed by atoms with Crippen molar-refractivity contribution < 1.29 is 8.42 Å². The molecule has 3 N–H and O–H groups in total. The van der Waals surface area contributed by atoms with Crippen molar-refractivity contribution in [3.8, 4) is 11.1 Å². The van der Waals surface area contributed by atoms with Gasteiger partial charge in [-0.3, -0.25) is 9.71 Å². The van der Waals surface area contributed by atoms with Gasteiger partial charge in [0, 0.05) is 16.9 Å². The molecule has 0 bridgehead atoms. The first kappa shape index (κ1) is 19.2. The Morgan fingerprint density at radius 1 is 1.07 bits per heavy atom. The molecule has 0 unspecified atom stereocenters. The molecule has 7 nitrogen and oxygen atoms in total. The first-order valence-corrected chi connectivity index (χ1v) is 10.7. The SMILES string of the molecule is CCCCCCS(=O)(=O)Nc1ccc(-c2cc3[nH]c(=O)[nH]c3nc2C)cc1. The molecule has 0 radical (unpaired) electrons. The third-order valence-corrected chi connectivity index (χ3v) is 5.80. The minimum absolute atomic E-state index is 0.134. The molecule has 0 spiro atoms. The van der Waals surface area contributed by atoms with Gasteiger partial charge in [-0.2, -0.15) is 0 Å². The first-order chi connectivity index (χ1) is 12.9. The van der Waals surface area contributed by atoms with E-state index in [0.29, 0.717) is 23.3 Å². The van der Waals surface area contributed by atoms with Crippen LogP contribution in [-0.4, -0.2) is 29.1 Å². The van der Waals surface area contributed by atoms with Crippen molar-refractivity contribution in [3.05, 3.63) is 46.5 Å². The lowest BCUT2D eigenvalue weighted by Gasteiger charge is -2.10. The van der Waals surface area contributed by atoms with Crippen molar-refractivity contribution in [1.29, 1.82) is 0 Å². The molecular weight excluding hydrogens is 364 g/mol. The summed E-state index contributed by atoms with van der Waals surface area (Å²) >= 11 is 0. The van der Waals surface area contributed by atoms with Crippen molar-refractivity contribution in [1.82, 2.24) is 15.0 Å². The summed E-state index contributed by atoms with van der Waals surface area (Å²) in [7, 11) is -3.33. The predicted octanol–water partition coefficient (Wildman–Crippen LogP) is 3.55. The highest BCUT2D eigenvalue weighted by Crippen LogP contribution is 2.26. The van der Waals surface area contributed by atoms with Crippen LogP contribution in [0.15, 0.2) is 35.1 Å². The fourth-order valence-corrected chi connectivity index (χ4v) is 4.20. The molecule has 27 heavy (non-hydrogen) atoms.